The van der Waals surface area contributed by atoms with Crippen LogP contribution in [0.5, 0.6) is 0 Å². The van der Waals surface area contributed by atoms with Gasteiger partial charge in [-0.05, 0) is 39.5 Å². The van der Waals surface area contributed by atoms with Gasteiger partial charge < -0.3 is 5.11 Å². The molecule has 1 unspecified atom stereocenters. The Kier molecular flexibility index (Phi) is 5.81. The first-order chi connectivity index (χ1) is 6.74. The average molecular weight is 236 g/mol. The zero-order chi connectivity index (χ0) is 12.1. The molecule has 0 aromatic carbocycles. The van der Waals surface area contributed by atoms with Crippen LogP contribution in [0, 0.1) is 5.92 Å². The lowest BCUT2D eigenvalue weighted by Crippen LogP contribution is -2.31. The van der Waals surface area contributed by atoms with E-state index in [9.17, 15) is 8.42 Å². The molecule has 0 spiro atoms. The van der Waals surface area contributed by atoms with Crippen molar-refractivity contribution in [3.63, 3.8) is 0 Å². The Balaban J connectivity index is 4.26. The maximum atomic E-state index is 11.8. The largest absolute Gasteiger partial charge is 0.396 e. The van der Waals surface area contributed by atoms with Crippen LogP contribution in [0.15, 0.2) is 0 Å². The molecule has 15 heavy (non-hydrogen) atoms. The van der Waals surface area contributed by atoms with Crippen LogP contribution in [0.1, 0.15) is 47.0 Å². The second-order valence-electron chi connectivity index (χ2n) is 5.06. The van der Waals surface area contributed by atoms with E-state index in [4.69, 9.17) is 5.11 Å². The van der Waals surface area contributed by atoms with Crippen molar-refractivity contribution in [3.05, 3.63) is 0 Å². The standard InChI is InChI=1S/C11H24O3S/c1-5-6-10(9-12)7-8-15(13,14)11(2,3)4/h10,12H,5-9H2,1-4H3. The summed E-state index contributed by atoms with van der Waals surface area (Å²) in [6.07, 6.45) is 2.46. The third-order valence-electron chi connectivity index (χ3n) is 2.68. The third kappa shape index (κ3) is 4.98. The van der Waals surface area contributed by atoms with Crippen LogP contribution in [0.3, 0.4) is 0 Å². The zero-order valence-electron chi connectivity index (χ0n) is 10.3. The van der Waals surface area contributed by atoms with Crippen LogP contribution in [0.25, 0.3) is 0 Å². The fraction of sp³-hybridized carbons (Fsp3) is 1.00. The molecule has 0 bridgehead atoms. The Morgan fingerprint density at radius 3 is 2.07 bits per heavy atom. The van der Waals surface area contributed by atoms with Gasteiger partial charge >= 0.3 is 0 Å². The highest BCUT2D eigenvalue weighted by Gasteiger charge is 2.29. The van der Waals surface area contributed by atoms with Crippen LogP contribution in [-0.2, 0) is 9.84 Å². The van der Waals surface area contributed by atoms with Gasteiger partial charge in [0.1, 0.15) is 0 Å². The number of hydrogen-bond acceptors (Lipinski definition) is 3. The predicted molar refractivity (Wildman–Crippen MR) is 63.6 cm³/mol. The molecule has 0 heterocycles. The summed E-state index contributed by atoms with van der Waals surface area (Å²) in [7, 11) is -3.03. The fourth-order valence-electron chi connectivity index (χ4n) is 1.36. The maximum Gasteiger partial charge on any atom is 0.155 e. The van der Waals surface area contributed by atoms with Crippen molar-refractivity contribution in [1.29, 1.82) is 0 Å². The fourth-order valence-corrected chi connectivity index (χ4v) is 2.62. The first kappa shape index (κ1) is 14.9. The summed E-state index contributed by atoms with van der Waals surface area (Å²) in [4.78, 5) is 0. The second-order valence-corrected chi connectivity index (χ2v) is 7.92. The monoisotopic (exact) mass is 236 g/mol. The summed E-state index contributed by atoms with van der Waals surface area (Å²) < 4.78 is 22.9. The van der Waals surface area contributed by atoms with Crippen LogP contribution in [0.2, 0.25) is 0 Å². The molecule has 1 N–H and O–H groups in total. The Hall–Kier alpha value is -0.0900. The molecular weight excluding hydrogens is 212 g/mol. The van der Waals surface area contributed by atoms with Gasteiger partial charge in [-0.2, -0.15) is 0 Å². The van der Waals surface area contributed by atoms with Gasteiger partial charge in [-0.25, -0.2) is 8.42 Å². The van der Waals surface area contributed by atoms with Crippen molar-refractivity contribution in [1.82, 2.24) is 0 Å². The van der Waals surface area contributed by atoms with E-state index >= 15 is 0 Å². The van der Waals surface area contributed by atoms with E-state index in [0.717, 1.165) is 12.8 Å². The second kappa shape index (κ2) is 5.85. The Morgan fingerprint density at radius 1 is 1.20 bits per heavy atom. The molecule has 0 amide bonds. The molecule has 0 aromatic rings. The molecule has 0 aliphatic heterocycles. The molecule has 0 saturated carbocycles. The average Bonchev–Trinajstić information content (AvgIpc) is 2.10. The Morgan fingerprint density at radius 2 is 1.73 bits per heavy atom. The first-order valence-electron chi connectivity index (χ1n) is 5.57. The molecule has 4 heteroatoms. The van der Waals surface area contributed by atoms with Gasteiger partial charge in [0.2, 0.25) is 0 Å². The van der Waals surface area contributed by atoms with Gasteiger partial charge in [-0.15, -0.1) is 0 Å². The smallest absolute Gasteiger partial charge is 0.155 e. The van der Waals surface area contributed by atoms with E-state index in [1.807, 2.05) is 6.92 Å². The van der Waals surface area contributed by atoms with E-state index in [-0.39, 0.29) is 18.3 Å². The molecule has 3 nitrogen and oxygen atoms in total. The Bertz CT molecular complexity index is 262. The lowest BCUT2D eigenvalue weighted by Gasteiger charge is -2.21. The number of rotatable bonds is 6. The van der Waals surface area contributed by atoms with Crippen molar-refractivity contribution in [2.45, 2.75) is 51.7 Å². The van der Waals surface area contributed by atoms with Crippen LogP contribution in [0.4, 0.5) is 0 Å². The number of sulfone groups is 1. The normalized spacial score (nSPS) is 15.3. The van der Waals surface area contributed by atoms with Crippen molar-refractivity contribution < 1.29 is 13.5 Å². The van der Waals surface area contributed by atoms with E-state index in [1.54, 1.807) is 20.8 Å². The number of aliphatic hydroxyl groups excluding tert-OH is 1. The first-order valence-corrected chi connectivity index (χ1v) is 7.23. The molecule has 1 atom stereocenters. The number of aliphatic hydroxyl groups is 1. The molecule has 0 aromatic heterocycles. The summed E-state index contributed by atoms with van der Waals surface area (Å²) in [5, 5.41) is 9.06. The highest BCUT2D eigenvalue weighted by Crippen LogP contribution is 2.20. The lowest BCUT2D eigenvalue weighted by molar-refractivity contribution is 0.214. The minimum Gasteiger partial charge on any atom is -0.396 e. The SMILES string of the molecule is CCCC(CO)CCS(=O)(=O)C(C)(C)C. The van der Waals surface area contributed by atoms with Crippen molar-refractivity contribution in [2.24, 2.45) is 5.92 Å². The van der Waals surface area contributed by atoms with Gasteiger partial charge in [0, 0.05) is 6.61 Å². The molecule has 0 fully saturated rings. The molecule has 0 saturated heterocycles. The van der Waals surface area contributed by atoms with Gasteiger partial charge in [0.25, 0.3) is 0 Å². The molecular formula is C11H24O3S. The topological polar surface area (TPSA) is 54.4 Å². The molecule has 0 aliphatic carbocycles. The van der Waals surface area contributed by atoms with E-state index < -0.39 is 14.6 Å². The summed E-state index contributed by atoms with van der Waals surface area (Å²) in [5.74, 6) is 0.314. The van der Waals surface area contributed by atoms with Crippen molar-refractivity contribution in [2.75, 3.05) is 12.4 Å². The minimum atomic E-state index is -3.03. The maximum absolute atomic E-state index is 11.8. The van der Waals surface area contributed by atoms with E-state index in [0.29, 0.717) is 6.42 Å². The highest BCUT2D eigenvalue weighted by molar-refractivity contribution is 7.92. The summed E-state index contributed by atoms with van der Waals surface area (Å²) in [5.41, 5.74) is 0. The van der Waals surface area contributed by atoms with Crippen LogP contribution < -0.4 is 0 Å². The van der Waals surface area contributed by atoms with E-state index in [2.05, 4.69) is 0 Å². The van der Waals surface area contributed by atoms with E-state index in [1.165, 1.54) is 0 Å². The quantitative estimate of drug-likeness (QED) is 0.767. The lowest BCUT2D eigenvalue weighted by atomic mass is 10.0. The Labute approximate surface area is 93.8 Å². The van der Waals surface area contributed by atoms with Gasteiger partial charge in [-0.1, -0.05) is 13.3 Å². The number of hydrogen-bond donors (Lipinski definition) is 1. The van der Waals surface area contributed by atoms with Crippen LogP contribution in [-0.4, -0.2) is 30.6 Å². The van der Waals surface area contributed by atoms with Crippen molar-refractivity contribution >= 4 is 9.84 Å². The van der Waals surface area contributed by atoms with Gasteiger partial charge in [0.05, 0.1) is 10.5 Å². The predicted octanol–water partition coefficient (Wildman–Crippen LogP) is 2.00. The molecule has 0 aliphatic rings. The summed E-state index contributed by atoms with van der Waals surface area (Å²) >= 11 is 0. The van der Waals surface area contributed by atoms with Gasteiger partial charge in [0.15, 0.2) is 9.84 Å². The van der Waals surface area contributed by atoms with Crippen molar-refractivity contribution in [3.8, 4) is 0 Å². The molecule has 0 rings (SSSR count). The van der Waals surface area contributed by atoms with Crippen LogP contribution >= 0.6 is 0 Å². The molecule has 92 valence electrons. The van der Waals surface area contributed by atoms with Gasteiger partial charge in [-0.3, -0.25) is 0 Å². The third-order valence-corrected chi connectivity index (χ3v) is 5.32. The molecule has 0 radical (unpaired) electrons. The summed E-state index contributed by atoms with van der Waals surface area (Å²) in [6, 6.07) is 0. The minimum absolute atomic E-state index is 0.0908. The zero-order valence-corrected chi connectivity index (χ0v) is 11.1. The summed E-state index contributed by atoms with van der Waals surface area (Å²) in [6.45, 7) is 7.29. The highest BCUT2D eigenvalue weighted by atomic mass is 32.2.